The molecule has 0 aliphatic rings. The SMILES string of the molecule is Cc1ccc(OCCSc2nnc([C@H](C)Oc3ccc(F)cc3)o2)cc1. The second-order valence-electron chi connectivity index (χ2n) is 5.63. The Bertz CT molecular complexity index is 822. The van der Waals surface area contributed by atoms with Crippen molar-refractivity contribution in [1.82, 2.24) is 10.2 Å². The van der Waals surface area contributed by atoms with Gasteiger partial charge in [-0.05, 0) is 50.2 Å². The molecule has 0 spiro atoms. The number of hydrogen-bond acceptors (Lipinski definition) is 6. The first-order valence-corrected chi connectivity index (χ1v) is 9.16. The second kappa shape index (κ2) is 8.71. The largest absolute Gasteiger partial charge is 0.493 e. The van der Waals surface area contributed by atoms with E-state index < -0.39 is 6.10 Å². The van der Waals surface area contributed by atoms with E-state index in [4.69, 9.17) is 13.9 Å². The van der Waals surface area contributed by atoms with Gasteiger partial charge in [-0.25, -0.2) is 4.39 Å². The molecule has 0 saturated heterocycles. The Labute approximate surface area is 155 Å². The normalized spacial score (nSPS) is 12.0. The summed E-state index contributed by atoms with van der Waals surface area (Å²) in [4.78, 5) is 0. The molecule has 0 saturated carbocycles. The van der Waals surface area contributed by atoms with Crippen LogP contribution in [-0.4, -0.2) is 22.6 Å². The first-order valence-electron chi connectivity index (χ1n) is 8.18. The van der Waals surface area contributed by atoms with Crippen LogP contribution in [-0.2, 0) is 0 Å². The quantitative estimate of drug-likeness (QED) is 0.416. The molecule has 2 aromatic carbocycles. The third-order valence-electron chi connectivity index (χ3n) is 3.49. The molecule has 1 heterocycles. The molecule has 3 rings (SSSR count). The van der Waals surface area contributed by atoms with Crippen LogP contribution in [0.4, 0.5) is 4.39 Å². The van der Waals surface area contributed by atoms with E-state index in [0.29, 0.717) is 29.2 Å². The van der Waals surface area contributed by atoms with E-state index in [9.17, 15) is 4.39 Å². The van der Waals surface area contributed by atoms with Gasteiger partial charge in [-0.2, -0.15) is 0 Å². The molecule has 3 aromatic rings. The van der Waals surface area contributed by atoms with Crippen LogP contribution < -0.4 is 9.47 Å². The molecule has 1 aromatic heterocycles. The van der Waals surface area contributed by atoms with Crippen molar-refractivity contribution in [3.8, 4) is 11.5 Å². The lowest BCUT2D eigenvalue weighted by Crippen LogP contribution is -2.03. The van der Waals surface area contributed by atoms with Gasteiger partial charge in [-0.15, -0.1) is 10.2 Å². The first-order chi connectivity index (χ1) is 12.6. The van der Waals surface area contributed by atoms with Gasteiger partial charge in [0, 0.05) is 5.75 Å². The molecular formula is C19H19FN2O3S. The topological polar surface area (TPSA) is 57.4 Å². The second-order valence-corrected chi connectivity index (χ2v) is 6.68. The lowest BCUT2D eigenvalue weighted by atomic mass is 10.2. The van der Waals surface area contributed by atoms with E-state index in [-0.39, 0.29) is 5.82 Å². The molecule has 0 bridgehead atoms. The molecule has 0 aliphatic carbocycles. The highest BCUT2D eigenvalue weighted by atomic mass is 32.2. The number of aryl methyl sites for hydroxylation is 1. The summed E-state index contributed by atoms with van der Waals surface area (Å²) >= 11 is 1.42. The minimum absolute atomic E-state index is 0.311. The van der Waals surface area contributed by atoms with Crippen LogP contribution >= 0.6 is 11.8 Å². The van der Waals surface area contributed by atoms with Crippen molar-refractivity contribution >= 4 is 11.8 Å². The van der Waals surface area contributed by atoms with Gasteiger partial charge in [0.15, 0.2) is 6.10 Å². The predicted octanol–water partition coefficient (Wildman–Crippen LogP) is 4.83. The fourth-order valence-electron chi connectivity index (χ4n) is 2.13. The number of aromatic nitrogens is 2. The Morgan fingerprint density at radius 2 is 1.73 bits per heavy atom. The summed E-state index contributed by atoms with van der Waals surface area (Å²) in [5, 5.41) is 8.46. The highest BCUT2D eigenvalue weighted by Crippen LogP contribution is 2.24. The van der Waals surface area contributed by atoms with Crippen molar-refractivity contribution in [2.24, 2.45) is 0 Å². The molecule has 0 N–H and O–H groups in total. The predicted molar refractivity (Wildman–Crippen MR) is 97.1 cm³/mol. The van der Waals surface area contributed by atoms with E-state index in [1.54, 1.807) is 19.1 Å². The molecule has 1 atom stereocenters. The van der Waals surface area contributed by atoms with Crippen LogP contribution in [0.2, 0.25) is 0 Å². The summed E-state index contributed by atoms with van der Waals surface area (Å²) in [5.74, 6) is 2.12. The Morgan fingerprint density at radius 3 is 2.46 bits per heavy atom. The van der Waals surface area contributed by atoms with Gasteiger partial charge in [0.05, 0.1) is 6.61 Å². The summed E-state index contributed by atoms with van der Waals surface area (Å²) in [6, 6.07) is 13.7. The zero-order valence-corrected chi connectivity index (χ0v) is 15.3. The molecule has 0 radical (unpaired) electrons. The van der Waals surface area contributed by atoms with Gasteiger partial charge in [0.2, 0.25) is 0 Å². The fourth-order valence-corrected chi connectivity index (χ4v) is 2.72. The highest BCUT2D eigenvalue weighted by molar-refractivity contribution is 7.99. The minimum Gasteiger partial charge on any atom is -0.493 e. The van der Waals surface area contributed by atoms with Crippen LogP contribution in [0.5, 0.6) is 11.5 Å². The van der Waals surface area contributed by atoms with E-state index in [1.165, 1.54) is 29.5 Å². The maximum atomic E-state index is 12.9. The van der Waals surface area contributed by atoms with E-state index in [2.05, 4.69) is 10.2 Å². The van der Waals surface area contributed by atoms with Crippen LogP contribution in [0.25, 0.3) is 0 Å². The monoisotopic (exact) mass is 374 g/mol. The standard InChI is InChI=1S/C19H19FN2O3S/c1-13-3-7-16(8-4-13)23-11-12-26-19-22-21-18(25-19)14(2)24-17-9-5-15(20)6-10-17/h3-10,14H,11-12H2,1-2H3/t14-/m0/s1. The van der Waals surface area contributed by atoms with Gasteiger partial charge in [0.1, 0.15) is 17.3 Å². The summed E-state index contributed by atoms with van der Waals surface area (Å²) < 4.78 is 29.8. The third-order valence-corrected chi connectivity index (χ3v) is 4.28. The van der Waals surface area contributed by atoms with E-state index >= 15 is 0 Å². The van der Waals surface area contributed by atoms with Gasteiger partial charge >= 0.3 is 0 Å². The van der Waals surface area contributed by atoms with E-state index in [1.807, 2.05) is 31.2 Å². The zero-order valence-electron chi connectivity index (χ0n) is 14.5. The van der Waals surface area contributed by atoms with Crippen molar-refractivity contribution in [1.29, 1.82) is 0 Å². The summed E-state index contributed by atoms with van der Waals surface area (Å²) in [6.45, 7) is 4.37. The number of benzene rings is 2. The van der Waals surface area contributed by atoms with Gasteiger partial charge in [-0.1, -0.05) is 29.5 Å². The number of nitrogens with zero attached hydrogens (tertiary/aromatic N) is 2. The summed E-state index contributed by atoms with van der Waals surface area (Å²) in [6.07, 6.45) is -0.425. The van der Waals surface area contributed by atoms with Crippen molar-refractivity contribution in [2.45, 2.75) is 25.2 Å². The number of ether oxygens (including phenoxy) is 2. The van der Waals surface area contributed by atoms with Crippen LogP contribution in [0.3, 0.4) is 0 Å². The summed E-state index contributed by atoms with van der Waals surface area (Å²) in [5.41, 5.74) is 1.20. The lowest BCUT2D eigenvalue weighted by Gasteiger charge is -2.10. The maximum Gasteiger partial charge on any atom is 0.276 e. The van der Waals surface area contributed by atoms with Crippen LogP contribution in [0.15, 0.2) is 58.2 Å². The molecule has 26 heavy (non-hydrogen) atoms. The zero-order chi connectivity index (χ0) is 18.4. The minimum atomic E-state index is -0.425. The Hall–Kier alpha value is -2.54. The van der Waals surface area contributed by atoms with Crippen molar-refractivity contribution in [2.75, 3.05) is 12.4 Å². The van der Waals surface area contributed by atoms with Crippen molar-refractivity contribution in [3.05, 3.63) is 65.8 Å². The Morgan fingerprint density at radius 1 is 1.04 bits per heavy atom. The first kappa shape index (κ1) is 18.3. The molecular weight excluding hydrogens is 355 g/mol. The highest BCUT2D eigenvalue weighted by Gasteiger charge is 2.16. The number of thioether (sulfide) groups is 1. The fraction of sp³-hybridized carbons (Fsp3) is 0.263. The average molecular weight is 374 g/mol. The Balaban J connectivity index is 1.45. The number of halogens is 1. The van der Waals surface area contributed by atoms with Gasteiger partial charge in [0.25, 0.3) is 11.1 Å². The van der Waals surface area contributed by atoms with Crippen molar-refractivity contribution < 1.29 is 18.3 Å². The number of hydrogen-bond donors (Lipinski definition) is 0. The molecule has 0 aliphatic heterocycles. The average Bonchev–Trinajstić information content (AvgIpc) is 3.11. The Kier molecular flexibility index (Phi) is 6.12. The van der Waals surface area contributed by atoms with Crippen molar-refractivity contribution in [3.63, 3.8) is 0 Å². The molecule has 0 fully saturated rings. The molecule has 7 heteroatoms. The van der Waals surface area contributed by atoms with Crippen LogP contribution in [0, 0.1) is 12.7 Å². The molecule has 0 unspecified atom stereocenters. The smallest absolute Gasteiger partial charge is 0.276 e. The molecule has 136 valence electrons. The van der Waals surface area contributed by atoms with Gasteiger partial charge in [-0.3, -0.25) is 0 Å². The maximum absolute atomic E-state index is 12.9. The summed E-state index contributed by atoms with van der Waals surface area (Å²) in [7, 11) is 0. The number of rotatable bonds is 8. The molecule has 5 nitrogen and oxygen atoms in total. The molecule has 0 amide bonds. The third kappa shape index (κ3) is 5.23. The van der Waals surface area contributed by atoms with E-state index in [0.717, 1.165) is 5.75 Å². The lowest BCUT2D eigenvalue weighted by molar-refractivity contribution is 0.181. The van der Waals surface area contributed by atoms with Gasteiger partial charge < -0.3 is 13.9 Å². The van der Waals surface area contributed by atoms with Crippen LogP contribution in [0.1, 0.15) is 24.5 Å².